The van der Waals surface area contributed by atoms with E-state index in [0.29, 0.717) is 0 Å². The smallest absolute Gasteiger partial charge is 0.137 e. The summed E-state index contributed by atoms with van der Waals surface area (Å²) < 4.78 is 2.03. The van der Waals surface area contributed by atoms with Crippen molar-refractivity contribution in [2.24, 2.45) is 11.8 Å². The van der Waals surface area contributed by atoms with Crippen LogP contribution in [-0.4, -0.2) is 27.4 Å². The Morgan fingerprint density at radius 1 is 1.10 bits per heavy atom. The van der Waals surface area contributed by atoms with Gasteiger partial charge in [0.15, 0.2) is 0 Å². The molecule has 2 aliphatic rings. The first-order valence-corrected chi connectivity index (χ1v) is 8.51. The Hall–Kier alpha value is -1.06. The SMILES string of the molecule is Clc1ccc2nc(CN3CCC4CCCCC4C3)cn2c1. The number of halogens is 1. The molecule has 1 aliphatic carbocycles. The van der Waals surface area contributed by atoms with Gasteiger partial charge in [0.25, 0.3) is 0 Å². The van der Waals surface area contributed by atoms with Crippen LogP contribution in [0.15, 0.2) is 24.5 Å². The maximum absolute atomic E-state index is 6.04. The van der Waals surface area contributed by atoms with Crippen LogP contribution in [0.2, 0.25) is 5.02 Å². The molecule has 112 valence electrons. The van der Waals surface area contributed by atoms with Gasteiger partial charge in [-0.15, -0.1) is 0 Å². The first-order valence-electron chi connectivity index (χ1n) is 8.13. The van der Waals surface area contributed by atoms with Gasteiger partial charge in [0, 0.05) is 25.5 Å². The van der Waals surface area contributed by atoms with Gasteiger partial charge in [0.1, 0.15) is 5.65 Å². The van der Waals surface area contributed by atoms with Crippen molar-refractivity contribution < 1.29 is 0 Å². The van der Waals surface area contributed by atoms with Gasteiger partial charge in [-0.3, -0.25) is 4.90 Å². The second-order valence-electron chi connectivity index (χ2n) is 6.67. The third-order valence-electron chi connectivity index (χ3n) is 5.23. The number of aromatic nitrogens is 2. The average molecular weight is 304 g/mol. The molecule has 3 nitrogen and oxygen atoms in total. The van der Waals surface area contributed by atoms with E-state index in [1.54, 1.807) is 0 Å². The molecule has 2 unspecified atom stereocenters. The van der Waals surface area contributed by atoms with Crippen molar-refractivity contribution in [1.82, 2.24) is 14.3 Å². The molecule has 0 bridgehead atoms. The minimum atomic E-state index is 0.759. The Morgan fingerprint density at radius 3 is 2.86 bits per heavy atom. The van der Waals surface area contributed by atoms with Crippen molar-refractivity contribution >= 4 is 17.2 Å². The van der Waals surface area contributed by atoms with Crippen molar-refractivity contribution in [1.29, 1.82) is 0 Å². The summed E-state index contributed by atoms with van der Waals surface area (Å²) in [5.41, 5.74) is 2.15. The number of nitrogens with zero attached hydrogens (tertiary/aromatic N) is 3. The van der Waals surface area contributed by atoms with Crippen LogP contribution in [0, 0.1) is 11.8 Å². The van der Waals surface area contributed by atoms with Crippen LogP contribution in [-0.2, 0) is 6.54 Å². The van der Waals surface area contributed by atoms with Crippen molar-refractivity contribution in [2.75, 3.05) is 13.1 Å². The summed E-state index contributed by atoms with van der Waals surface area (Å²) in [6, 6.07) is 3.89. The van der Waals surface area contributed by atoms with Crippen LogP contribution in [0.25, 0.3) is 5.65 Å². The normalized spacial score (nSPS) is 26.9. The highest BCUT2D eigenvalue weighted by molar-refractivity contribution is 6.30. The topological polar surface area (TPSA) is 20.5 Å². The molecule has 21 heavy (non-hydrogen) atoms. The second kappa shape index (κ2) is 5.62. The van der Waals surface area contributed by atoms with Gasteiger partial charge >= 0.3 is 0 Å². The van der Waals surface area contributed by atoms with Gasteiger partial charge in [-0.25, -0.2) is 4.98 Å². The molecule has 4 heteroatoms. The van der Waals surface area contributed by atoms with E-state index in [1.165, 1.54) is 45.2 Å². The van der Waals surface area contributed by atoms with Crippen molar-refractivity contribution in [2.45, 2.75) is 38.6 Å². The predicted molar refractivity (Wildman–Crippen MR) is 85.5 cm³/mol. The molecule has 0 amide bonds. The molecule has 0 radical (unpaired) electrons. The Morgan fingerprint density at radius 2 is 1.95 bits per heavy atom. The Kier molecular flexibility index (Phi) is 3.64. The Balaban J connectivity index is 1.47. The van der Waals surface area contributed by atoms with Crippen molar-refractivity contribution in [3.05, 3.63) is 35.2 Å². The standard InChI is InChI=1S/C17H22ClN3/c18-15-5-6-17-19-16(12-21(17)10-15)11-20-8-7-13-3-1-2-4-14(13)9-20/h5-6,10,12-14H,1-4,7-9,11H2. The third kappa shape index (κ3) is 2.82. The number of piperidine rings is 1. The van der Waals surface area contributed by atoms with Gasteiger partial charge in [0.2, 0.25) is 0 Å². The fraction of sp³-hybridized carbons (Fsp3) is 0.588. The van der Waals surface area contributed by atoms with Crippen LogP contribution in [0.1, 0.15) is 37.8 Å². The number of hydrogen-bond acceptors (Lipinski definition) is 2. The summed E-state index contributed by atoms with van der Waals surface area (Å²) in [5.74, 6) is 1.92. The lowest BCUT2D eigenvalue weighted by Gasteiger charge is -2.41. The second-order valence-corrected chi connectivity index (χ2v) is 7.11. The van der Waals surface area contributed by atoms with E-state index in [0.717, 1.165) is 34.7 Å². The largest absolute Gasteiger partial charge is 0.305 e. The molecule has 2 aromatic rings. The maximum atomic E-state index is 6.04. The van der Waals surface area contributed by atoms with E-state index < -0.39 is 0 Å². The predicted octanol–water partition coefficient (Wildman–Crippen LogP) is 4.00. The first kappa shape index (κ1) is 13.6. The van der Waals surface area contributed by atoms with E-state index in [4.69, 9.17) is 16.6 Å². The number of likely N-dealkylation sites (tertiary alicyclic amines) is 1. The summed E-state index contributed by atoms with van der Waals surface area (Å²) in [6.45, 7) is 3.47. The lowest BCUT2D eigenvalue weighted by Crippen LogP contribution is -2.41. The third-order valence-corrected chi connectivity index (χ3v) is 5.45. The average Bonchev–Trinajstić information content (AvgIpc) is 2.88. The molecule has 2 fully saturated rings. The van der Waals surface area contributed by atoms with E-state index in [9.17, 15) is 0 Å². The summed E-state index contributed by atoms with van der Waals surface area (Å²) >= 11 is 6.04. The zero-order chi connectivity index (χ0) is 14.2. The number of rotatable bonds is 2. The van der Waals surface area contributed by atoms with Gasteiger partial charge in [-0.2, -0.15) is 0 Å². The fourth-order valence-electron chi connectivity index (χ4n) is 4.14. The van der Waals surface area contributed by atoms with Crippen LogP contribution < -0.4 is 0 Å². The minimum absolute atomic E-state index is 0.759. The molecule has 0 N–H and O–H groups in total. The highest BCUT2D eigenvalue weighted by Crippen LogP contribution is 2.36. The van der Waals surface area contributed by atoms with E-state index in [-0.39, 0.29) is 0 Å². The lowest BCUT2D eigenvalue weighted by molar-refractivity contribution is 0.0813. The molecule has 4 rings (SSSR count). The molecular weight excluding hydrogens is 282 g/mol. The van der Waals surface area contributed by atoms with E-state index >= 15 is 0 Å². The molecule has 3 heterocycles. The van der Waals surface area contributed by atoms with Crippen molar-refractivity contribution in [3.8, 4) is 0 Å². The van der Waals surface area contributed by atoms with Gasteiger partial charge in [0.05, 0.1) is 10.7 Å². The minimum Gasteiger partial charge on any atom is -0.305 e. The summed E-state index contributed by atoms with van der Waals surface area (Å²) in [7, 11) is 0. The van der Waals surface area contributed by atoms with Gasteiger partial charge in [-0.05, 0) is 43.4 Å². The van der Waals surface area contributed by atoms with Crippen LogP contribution in [0.5, 0.6) is 0 Å². The van der Waals surface area contributed by atoms with Gasteiger partial charge < -0.3 is 4.40 Å². The molecule has 1 aliphatic heterocycles. The van der Waals surface area contributed by atoms with E-state index in [1.807, 2.05) is 22.7 Å². The Bertz CT molecular complexity index is 636. The number of hydrogen-bond donors (Lipinski definition) is 0. The quantitative estimate of drug-likeness (QED) is 0.836. The molecule has 1 saturated heterocycles. The Labute approximate surface area is 130 Å². The zero-order valence-electron chi connectivity index (χ0n) is 12.3. The number of imidazole rings is 1. The fourth-order valence-corrected chi connectivity index (χ4v) is 4.31. The molecule has 2 aromatic heterocycles. The number of pyridine rings is 1. The van der Waals surface area contributed by atoms with E-state index in [2.05, 4.69) is 11.1 Å². The molecular formula is C17H22ClN3. The van der Waals surface area contributed by atoms with Gasteiger partial charge in [-0.1, -0.05) is 30.9 Å². The van der Waals surface area contributed by atoms with Crippen LogP contribution in [0.3, 0.4) is 0 Å². The monoisotopic (exact) mass is 303 g/mol. The molecule has 0 spiro atoms. The lowest BCUT2D eigenvalue weighted by atomic mass is 9.75. The highest BCUT2D eigenvalue weighted by atomic mass is 35.5. The van der Waals surface area contributed by atoms with Crippen LogP contribution in [0.4, 0.5) is 0 Å². The first-order chi connectivity index (χ1) is 10.3. The van der Waals surface area contributed by atoms with Crippen molar-refractivity contribution in [3.63, 3.8) is 0 Å². The summed E-state index contributed by atoms with van der Waals surface area (Å²) in [4.78, 5) is 7.31. The molecule has 0 aromatic carbocycles. The maximum Gasteiger partial charge on any atom is 0.137 e. The highest BCUT2D eigenvalue weighted by Gasteiger charge is 2.31. The molecule has 1 saturated carbocycles. The summed E-state index contributed by atoms with van der Waals surface area (Å²) in [5, 5.41) is 0.759. The molecule has 2 atom stereocenters. The zero-order valence-corrected chi connectivity index (χ0v) is 13.1. The van der Waals surface area contributed by atoms with Crippen LogP contribution >= 0.6 is 11.6 Å². The summed E-state index contributed by atoms with van der Waals surface area (Å²) in [6.07, 6.45) is 11.2. The number of fused-ring (bicyclic) bond motifs is 2.